The number of hydrogen-bond acceptors (Lipinski definition) is 10. The predicted octanol–water partition coefficient (Wildman–Crippen LogP) is 3.80. The van der Waals surface area contributed by atoms with Crippen molar-refractivity contribution in [1.29, 1.82) is 0 Å². The Morgan fingerprint density at radius 3 is 2.44 bits per heavy atom. The van der Waals surface area contributed by atoms with Crippen LogP contribution >= 0.6 is 0 Å². The molecule has 0 N–H and O–H groups in total. The number of hydrogen-bond donors (Lipinski definition) is 0. The van der Waals surface area contributed by atoms with Crippen molar-refractivity contribution in [2.24, 2.45) is 0 Å². The van der Waals surface area contributed by atoms with E-state index >= 15 is 0 Å². The highest BCUT2D eigenvalue weighted by Gasteiger charge is 2.48. The number of benzene rings is 1. The fourth-order valence-corrected chi connectivity index (χ4v) is 4.34. The Hall–Kier alpha value is -4.37. The van der Waals surface area contributed by atoms with Gasteiger partial charge in [-0.15, -0.1) is 20.2 Å². The Labute approximate surface area is 218 Å². The molecular weight excluding hydrogens is 535 g/mol. The number of alkyl halides is 3. The van der Waals surface area contributed by atoms with Gasteiger partial charge in [0.1, 0.15) is 23.5 Å². The zero-order chi connectivity index (χ0) is 29.1. The topological polar surface area (TPSA) is 162 Å². The van der Waals surface area contributed by atoms with Gasteiger partial charge in [0.25, 0.3) is 15.7 Å². The number of aromatic nitrogens is 1. The average Bonchev–Trinajstić information content (AvgIpc) is 2.80. The monoisotopic (exact) mass is 559 g/mol. The normalized spacial score (nSPS) is 18.7. The Balaban J connectivity index is 2.09. The number of carbonyl (C=O) groups is 1. The zero-order valence-corrected chi connectivity index (χ0v) is 20.9. The number of fused-ring (bicyclic) bond motifs is 1. The molecule has 39 heavy (non-hydrogen) atoms. The SMILES string of the molecule is CC(=O)OC1C(n2ccc(C(CCCO[N+](=O)[O-])O[N+](=O)[O-])cc2=O)c2cc(C(F)(F)F)ccc2OC1(C)C. The van der Waals surface area contributed by atoms with Crippen LogP contribution in [0.3, 0.4) is 0 Å². The van der Waals surface area contributed by atoms with Crippen LogP contribution in [0.5, 0.6) is 5.75 Å². The van der Waals surface area contributed by atoms with Crippen molar-refractivity contribution in [3.8, 4) is 5.75 Å². The first kappa shape index (κ1) is 29.2. The Morgan fingerprint density at radius 1 is 1.18 bits per heavy atom. The first-order valence-electron chi connectivity index (χ1n) is 11.5. The lowest BCUT2D eigenvalue weighted by atomic mass is 9.85. The molecule has 16 heteroatoms. The molecule has 0 saturated carbocycles. The van der Waals surface area contributed by atoms with Gasteiger partial charge in [0.05, 0.1) is 12.2 Å². The van der Waals surface area contributed by atoms with Crippen molar-refractivity contribution in [3.63, 3.8) is 0 Å². The standard InChI is InChI=1S/C23H24F3N3O10/c1-13(30)37-21-20(16-12-15(23(24,25)26)6-7-18(16)38-22(21,2)3)27-9-8-14(11-19(27)31)17(39-29(34)35)5-4-10-36-28(32)33/h6-9,11-12,17,20-21H,4-5,10H2,1-3H3. The molecule has 3 rings (SSSR count). The van der Waals surface area contributed by atoms with Crippen LogP contribution in [-0.2, 0) is 25.4 Å². The average molecular weight is 559 g/mol. The van der Waals surface area contributed by atoms with Crippen LogP contribution in [0.1, 0.15) is 62.4 Å². The quantitative estimate of drug-likeness (QED) is 0.181. The molecule has 0 aliphatic carbocycles. The van der Waals surface area contributed by atoms with Crippen LogP contribution in [0, 0.1) is 20.2 Å². The molecule has 0 amide bonds. The molecular formula is C23H24F3N3O10. The number of nitrogens with zero attached hydrogens (tertiary/aromatic N) is 3. The molecule has 3 atom stereocenters. The third kappa shape index (κ3) is 6.94. The summed E-state index contributed by atoms with van der Waals surface area (Å²) in [5.74, 6) is -0.726. The van der Waals surface area contributed by atoms with Crippen molar-refractivity contribution in [2.75, 3.05) is 6.61 Å². The van der Waals surface area contributed by atoms with Crippen molar-refractivity contribution in [1.82, 2.24) is 4.57 Å². The lowest BCUT2D eigenvalue weighted by Crippen LogP contribution is -2.54. The van der Waals surface area contributed by atoms with Gasteiger partial charge in [0.15, 0.2) is 6.10 Å². The molecule has 1 aromatic carbocycles. The molecule has 212 valence electrons. The summed E-state index contributed by atoms with van der Waals surface area (Å²) in [6, 6.07) is 3.75. The van der Waals surface area contributed by atoms with Crippen LogP contribution in [0.4, 0.5) is 13.2 Å². The summed E-state index contributed by atoms with van der Waals surface area (Å²) in [5, 5.41) is 19.2. The second-order valence-electron chi connectivity index (χ2n) is 9.15. The van der Waals surface area contributed by atoms with Crippen molar-refractivity contribution < 1.29 is 47.3 Å². The second kappa shape index (κ2) is 11.2. The van der Waals surface area contributed by atoms with Crippen molar-refractivity contribution >= 4 is 5.97 Å². The van der Waals surface area contributed by atoms with Gasteiger partial charge in [-0.1, -0.05) is 0 Å². The highest BCUT2D eigenvalue weighted by molar-refractivity contribution is 5.66. The van der Waals surface area contributed by atoms with E-state index in [1.807, 2.05) is 0 Å². The van der Waals surface area contributed by atoms with E-state index in [1.54, 1.807) is 13.8 Å². The third-order valence-electron chi connectivity index (χ3n) is 5.96. The molecule has 0 saturated heterocycles. The summed E-state index contributed by atoms with van der Waals surface area (Å²) in [5.41, 5.74) is -3.13. The maximum atomic E-state index is 13.5. The minimum Gasteiger partial charge on any atom is -0.484 e. The lowest BCUT2D eigenvalue weighted by molar-refractivity contribution is -0.772. The van der Waals surface area contributed by atoms with Gasteiger partial charge >= 0.3 is 12.1 Å². The van der Waals surface area contributed by atoms with E-state index in [-0.39, 0.29) is 36.3 Å². The predicted molar refractivity (Wildman–Crippen MR) is 124 cm³/mol. The van der Waals surface area contributed by atoms with Gasteiger partial charge in [-0.2, -0.15) is 13.2 Å². The minimum atomic E-state index is -4.72. The van der Waals surface area contributed by atoms with Crippen LogP contribution in [0.15, 0.2) is 41.3 Å². The Bertz CT molecular complexity index is 1310. The molecule has 0 spiro atoms. The lowest BCUT2D eigenvalue weighted by Gasteiger charge is -2.44. The summed E-state index contributed by atoms with van der Waals surface area (Å²) in [4.78, 5) is 55.4. The summed E-state index contributed by atoms with van der Waals surface area (Å²) in [6.07, 6.45) is -6.23. The summed E-state index contributed by atoms with van der Waals surface area (Å²) >= 11 is 0. The first-order valence-corrected chi connectivity index (χ1v) is 11.5. The molecule has 2 heterocycles. The maximum Gasteiger partial charge on any atom is 0.416 e. The van der Waals surface area contributed by atoms with Crippen molar-refractivity contribution in [2.45, 2.75) is 63.6 Å². The zero-order valence-electron chi connectivity index (χ0n) is 20.9. The number of pyridine rings is 1. The van der Waals surface area contributed by atoms with Crippen LogP contribution in [0.25, 0.3) is 0 Å². The van der Waals surface area contributed by atoms with E-state index in [9.17, 15) is 43.0 Å². The molecule has 0 radical (unpaired) electrons. The number of rotatable bonds is 10. The maximum absolute atomic E-state index is 13.5. The van der Waals surface area contributed by atoms with E-state index in [1.165, 1.54) is 12.3 Å². The molecule has 13 nitrogen and oxygen atoms in total. The molecule has 3 unspecified atom stereocenters. The van der Waals surface area contributed by atoms with Gasteiger partial charge in [-0.05, 0) is 56.5 Å². The van der Waals surface area contributed by atoms with Gasteiger partial charge in [-0.25, -0.2) is 0 Å². The van der Waals surface area contributed by atoms with E-state index in [0.717, 1.165) is 35.8 Å². The second-order valence-corrected chi connectivity index (χ2v) is 9.15. The molecule has 0 fully saturated rings. The Kier molecular flexibility index (Phi) is 8.36. The molecule has 1 aliphatic heterocycles. The van der Waals surface area contributed by atoms with Gasteiger partial charge in [-0.3, -0.25) is 9.59 Å². The van der Waals surface area contributed by atoms with E-state index < -0.39 is 57.3 Å². The summed E-state index contributed by atoms with van der Waals surface area (Å²) in [6.45, 7) is 3.81. The molecule has 2 aromatic rings. The number of carbonyl (C=O) groups excluding carboxylic acids is 1. The number of halogens is 3. The third-order valence-corrected chi connectivity index (χ3v) is 5.96. The molecule has 1 aliphatic rings. The van der Waals surface area contributed by atoms with Crippen LogP contribution in [-0.4, -0.2) is 39.0 Å². The Morgan fingerprint density at radius 2 is 1.87 bits per heavy atom. The highest BCUT2D eigenvalue weighted by atomic mass is 19.4. The summed E-state index contributed by atoms with van der Waals surface area (Å²) < 4.78 is 52.9. The van der Waals surface area contributed by atoms with Crippen LogP contribution in [0.2, 0.25) is 0 Å². The fourth-order valence-electron chi connectivity index (χ4n) is 4.34. The largest absolute Gasteiger partial charge is 0.484 e. The van der Waals surface area contributed by atoms with E-state index in [0.29, 0.717) is 0 Å². The minimum absolute atomic E-state index is 0.0289. The van der Waals surface area contributed by atoms with E-state index in [4.69, 9.17) is 9.47 Å². The molecule has 0 bridgehead atoms. The van der Waals surface area contributed by atoms with Crippen molar-refractivity contribution in [3.05, 3.63) is 83.8 Å². The van der Waals surface area contributed by atoms with Gasteiger partial charge in [0.2, 0.25) is 0 Å². The van der Waals surface area contributed by atoms with E-state index in [2.05, 4.69) is 9.68 Å². The summed E-state index contributed by atoms with van der Waals surface area (Å²) in [7, 11) is 0. The van der Waals surface area contributed by atoms with Crippen LogP contribution < -0.4 is 10.3 Å². The van der Waals surface area contributed by atoms with Gasteiger partial charge < -0.3 is 23.7 Å². The fraction of sp³-hybridized carbons (Fsp3) is 0.478. The van der Waals surface area contributed by atoms with Gasteiger partial charge in [0, 0.05) is 24.8 Å². The number of ether oxygens (including phenoxy) is 2. The molecule has 1 aromatic heterocycles. The smallest absolute Gasteiger partial charge is 0.416 e. The highest BCUT2D eigenvalue weighted by Crippen LogP contribution is 2.45. The number of esters is 1. The first-order chi connectivity index (χ1) is 18.1.